The lowest BCUT2D eigenvalue weighted by atomic mass is 10.1. The average molecular weight is 378 g/mol. The van der Waals surface area contributed by atoms with Crippen molar-refractivity contribution in [3.63, 3.8) is 0 Å². The van der Waals surface area contributed by atoms with E-state index in [1.54, 1.807) is 7.11 Å². The van der Waals surface area contributed by atoms with Crippen molar-refractivity contribution in [2.24, 2.45) is 5.14 Å². The normalized spacial score (nSPS) is 12.5. The fraction of sp³-hybridized carbons (Fsp3) is 0.278. The van der Waals surface area contributed by atoms with Crippen molar-refractivity contribution in [2.75, 3.05) is 26.0 Å². The maximum Gasteiger partial charge on any atom is 0.279 e. The number of sulfonamides is 1. The Morgan fingerprint density at radius 3 is 2.42 bits per heavy atom. The summed E-state index contributed by atoms with van der Waals surface area (Å²) < 4.78 is 27.8. The first kappa shape index (κ1) is 19.9. The maximum absolute atomic E-state index is 12.2. The Hall–Kier alpha value is -2.42. The van der Waals surface area contributed by atoms with Gasteiger partial charge in [0.2, 0.25) is 10.0 Å². The predicted octanol–water partition coefficient (Wildman–Crippen LogP) is 0.304. The van der Waals surface area contributed by atoms with E-state index >= 15 is 0 Å². The number of likely N-dealkylation sites (N-methyl/N-ethyl adjacent to an activating group) is 1. The molecule has 0 aliphatic rings. The monoisotopic (exact) mass is 378 g/mol. The highest BCUT2D eigenvalue weighted by Gasteiger charge is 2.14. The molecule has 1 atom stereocenters. The zero-order valence-electron chi connectivity index (χ0n) is 15.1. The van der Waals surface area contributed by atoms with E-state index in [9.17, 15) is 13.2 Å². The quantitative estimate of drug-likeness (QED) is 0.645. The molecular formula is C18H24N3O4S+. The second-order valence-corrected chi connectivity index (χ2v) is 7.80. The summed E-state index contributed by atoms with van der Waals surface area (Å²) in [5.41, 5.74) is 2.69. The molecule has 4 N–H and O–H groups in total. The van der Waals surface area contributed by atoms with E-state index in [0.29, 0.717) is 12.2 Å². The predicted molar refractivity (Wildman–Crippen MR) is 99.6 cm³/mol. The third-order valence-corrected chi connectivity index (χ3v) is 4.79. The maximum atomic E-state index is 12.2. The summed E-state index contributed by atoms with van der Waals surface area (Å²) in [5.74, 6) is 0.631. The van der Waals surface area contributed by atoms with Crippen LogP contribution in [0.25, 0.3) is 0 Å². The van der Waals surface area contributed by atoms with Crippen molar-refractivity contribution in [3.05, 3.63) is 53.6 Å². The number of carbonyl (C=O) groups excluding carboxylic acids is 1. The van der Waals surface area contributed by atoms with Gasteiger partial charge >= 0.3 is 0 Å². The SMILES string of the molecule is COc1ccc(C)cc1C[NH+](C)CC(=O)Nc1ccc(S(N)(=O)=O)cc1. The van der Waals surface area contributed by atoms with Crippen molar-refractivity contribution in [3.8, 4) is 5.75 Å². The van der Waals surface area contributed by atoms with Crippen molar-refractivity contribution in [2.45, 2.75) is 18.4 Å². The molecule has 8 heteroatoms. The molecule has 7 nitrogen and oxygen atoms in total. The Morgan fingerprint density at radius 1 is 1.19 bits per heavy atom. The Bertz CT molecular complexity index is 880. The molecule has 0 aromatic heterocycles. The van der Waals surface area contributed by atoms with Crippen LogP contribution in [0, 0.1) is 6.92 Å². The van der Waals surface area contributed by atoms with Crippen LogP contribution in [0.2, 0.25) is 0 Å². The van der Waals surface area contributed by atoms with Crippen LogP contribution in [0.15, 0.2) is 47.4 Å². The zero-order chi connectivity index (χ0) is 19.3. The topological polar surface area (TPSA) is 103 Å². The molecule has 0 radical (unpaired) electrons. The summed E-state index contributed by atoms with van der Waals surface area (Å²) in [6.07, 6.45) is 0. The van der Waals surface area contributed by atoms with E-state index in [1.165, 1.54) is 24.3 Å². The van der Waals surface area contributed by atoms with Crippen LogP contribution in [0.4, 0.5) is 5.69 Å². The number of anilines is 1. The first-order chi connectivity index (χ1) is 12.2. The molecule has 0 spiro atoms. The molecule has 0 aliphatic heterocycles. The molecular weight excluding hydrogens is 354 g/mol. The zero-order valence-corrected chi connectivity index (χ0v) is 15.9. The number of amides is 1. The van der Waals surface area contributed by atoms with E-state index in [0.717, 1.165) is 21.8 Å². The summed E-state index contributed by atoms with van der Waals surface area (Å²) in [6.45, 7) is 2.91. The smallest absolute Gasteiger partial charge is 0.279 e. The number of hydrogen-bond donors (Lipinski definition) is 3. The number of quaternary nitrogens is 1. The largest absolute Gasteiger partial charge is 0.496 e. The van der Waals surface area contributed by atoms with Gasteiger partial charge in [-0.15, -0.1) is 0 Å². The molecule has 1 amide bonds. The van der Waals surface area contributed by atoms with Gasteiger partial charge in [-0.1, -0.05) is 11.6 Å². The highest BCUT2D eigenvalue weighted by Crippen LogP contribution is 2.18. The van der Waals surface area contributed by atoms with E-state index < -0.39 is 10.0 Å². The summed E-state index contributed by atoms with van der Waals surface area (Å²) in [4.78, 5) is 13.2. The molecule has 2 aromatic rings. The summed E-state index contributed by atoms with van der Waals surface area (Å²) in [7, 11) is -0.192. The minimum absolute atomic E-state index is 0.00443. The molecule has 1 unspecified atom stereocenters. The first-order valence-electron chi connectivity index (χ1n) is 8.06. The second kappa shape index (κ2) is 8.31. The summed E-state index contributed by atoms with van der Waals surface area (Å²) >= 11 is 0. The van der Waals surface area contributed by atoms with Gasteiger partial charge in [0, 0.05) is 11.3 Å². The van der Waals surface area contributed by atoms with Gasteiger partial charge < -0.3 is 15.0 Å². The Balaban J connectivity index is 1.96. The van der Waals surface area contributed by atoms with Gasteiger partial charge in [0.25, 0.3) is 5.91 Å². The van der Waals surface area contributed by atoms with Crippen LogP contribution in [0.3, 0.4) is 0 Å². The van der Waals surface area contributed by atoms with Gasteiger partial charge in [0.1, 0.15) is 12.3 Å². The molecule has 2 rings (SSSR count). The average Bonchev–Trinajstić information content (AvgIpc) is 2.54. The lowest BCUT2D eigenvalue weighted by molar-refractivity contribution is -0.885. The van der Waals surface area contributed by atoms with Crippen LogP contribution in [0.5, 0.6) is 5.75 Å². The highest BCUT2D eigenvalue weighted by molar-refractivity contribution is 7.89. The van der Waals surface area contributed by atoms with Gasteiger partial charge in [-0.3, -0.25) is 4.79 Å². The molecule has 0 saturated carbocycles. The van der Waals surface area contributed by atoms with Crippen LogP contribution in [-0.2, 0) is 21.4 Å². The number of benzene rings is 2. The number of hydrogen-bond acceptors (Lipinski definition) is 4. The lowest BCUT2D eigenvalue weighted by Gasteiger charge is -2.16. The third-order valence-electron chi connectivity index (χ3n) is 3.86. The number of primary sulfonamides is 1. The molecule has 2 aromatic carbocycles. The van der Waals surface area contributed by atoms with Gasteiger partial charge in [-0.2, -0.15) is 0 Å². The van der Waals surface area contributed by atoms with Crippen LogP contribution in [-0.4, -0.2) is 35.0 Å². The van der Waals surface area contributed by atoms with Crippen molar-refractivity contribution >= 4 is 21.6 Å². The Kier molecular flexibility index (Phi) is 6.36. The fourth-order valence-electron chi connectivity index (χ4n) is 2.64. The molecule has 26 heavy (non-hydrogen) atoms. The number of carbonyl (C=O) groups is 1. The molecule has 0 bridgehead atoms. The third kappa shape index (κ3) is 5.55. The molecule has 0 saturated heterocycles. The number of rotatable bonds is 7. The summed E-state index contributed by atoms with van der Waals surface area (Å²) in [6, 6.07) is 11.7. The van der Waals surface area contributed by atoms with E-state index in [1.807, 2.05) is 32.2 Å². The molecule has 0 fully saturated rings. The second-order valence-electron chi connectivity index (χ2n) is 6.24. The molecule has 0 heterocycles. The van der Waals surface area contributed by atoms with Crippen molar-refractivity contribution < 1.29 is 22.8 Å². The molecule has 140 valence electrons. The van der Waals surface area contributed by atoms with Gasteiger partial charge in [-0.05, 0) is 43.3 Å². The van der Waals surface area contributed by atoms with Crippen molar-refractivity contribution in [1.82, 2.24) is 0 Å². The molecule has 0 aliphatic carbocycles. The van der Waals surface area contributed by atoms with E-state index in [-0.39, 0.29) is 17.3 Å². The lowest BCUT2D eigenvalue weighted by Crippen LogP contribution is -3.08. The number of nitrogens with one attached hydrogen (secondary N) is 2. The Labute approximate surface area is 153 Å². The number of nitrogens with two attached hydrogens (primary N) is 1. The fourth-order valence-corrected chi connectivity index (χ4v) is 3.16. The van der Waals surface area contributed by atoms with Gasteiger partial charge in [0.05, 0.1) is 19.1 Å². The Morgan fingerprint density at radius 2 is 1.85 bits per heavy atom. The van der Waals surface area contributed by atoms with Crippen molar-refractivity contribution in [1.29, 1.82) is 0 Å². The minimum atomic E-state index is -3.74. The van der Waals surface area contributed by atoms with Crippen LogP contribution >= 0.6 is 0 Å². The number of aryl methyl sites for hydroxylation is 1. The standard InChI is InChI=1S/C18H23N3O4S/c1-13-4-9-17(25-3)14(10-13)11-21(2)12-18(22)20-15-5-7-16(8-6-15)26(19,23)24/h4-10H,11-12H2,1-3H3,(H,20,22)(H2,19,23,24)/p+1. The summed E-state index contributed by atoms with van der Waals surface area (Å²) in [5, 5.41) is 7.80. The van der Waals surface area contributed by atoms with E-state index in [2.05, 4.69) is 5.32 Å². The van der Waals surface area contributed by atoms with Gasteiger partial charge in [-0.25, -0.2) is 13.6 Å². The number of methoxy groups -OCH3 is 1. The van der Waals surface area contributed by atoms with Crippen LogP contribution in [0.1, 0.15) is 11.1 Å². The number of ether oxygens (including phenoxy) is 1. The minimum Gasteiger partial charge on any atom is -0.496 e. The van der Waals surface area contributed by atoms with Crippen LogP contribution < -0.4 is 20.1 Å². The van der Waals surface area contributed by atoms with E-state index in [4.69, 9.17) is 9.88 Å². The van der Waals surface area contributed by atoms with Gasteiger partial charge in [0.15, 0.2) is 6.54 Å². The first-order valence-corrected chi connectivity index (χ1v) is 9.61. The highest BCUT2D eigenvalue weighted by atomic mass is 32.2.